The third-order valence-electron chi connectivity index (χ3n) is 2.97. The van der Waals surface area contributed by atoms with Crippen molar-refractivity contribution < 1.29 is 31.8 Å². The lowest BCUT2D eigenvalue weighted by atomic mass is 10.1. The van der Waals surface area contributed by atoms with Gasteiger partial charge in [-0.15, -0.1) is 0 Å². The topological polar surface area (TPSA) is 80.7 Å². The third-order valence-corrected chi connectivity index (χ3v) is 4.10. The molecule has 23 heavy (non-hydrogen) atoms. The average Bonchev–Trinajstić information content (AvgIpc) is 2.45. The molecule has 0 saturated carbocycles. The van der Waals surface area contributed by atoms with Crippen LogP contribution in [0, 0.1) is 11.6 Å². The Morgan fingerprint density at radius 2 is 1.74 bits per heavy atom. The first-order chi connectivity index (χ1) is 10.7. The van der Waals surface area contributed by atoms with Crippen molar-refractivity contribution in [3.8, 4) is 5.75 Å². The zero-order chi connectivity index (χ0) is 17.2. The van der Waals surface area contributed by atoms with Crippen molar-refractivity contribution in [3.63, 3.8) is 0 Å². The summed E-state index contributed by atoms with van der Waals surface area (Å²) in [5, 5.41) is 9.22. The number of carboxylic acids is 1. The Kier molecular flexibility index (Phi) is 4.65. The minimum Gasteiger partial charge on any atom is -0.478 e. The van der Waals surface area contributed by atoms with Crippen molar-refractivity contribution in [1.82, 2.24) is 0 Å². The molecule has 2 aromatic carbocycles. The molecule has 1 atom stereocenters. The Morgan fingerprint density at radius 1 is 1.13 bits per heavy atom. The standard InChI is InChI=1S/C15H12F2O5S/c1-23(20,21)11-5-2-9(3-6-11)14(15(18)19)22-13-7-4-10(16)8-12(13)17/h2-8,14H,1H3,(H,18,19). The molecule has 0 aliphatic heterocycles. The number of sulfone groups is 1. The Labute approximate surface area is 131 Å². The number of carboxylic acid groups (broad SMARTS) is 1. The molecule has 0 radical (unpaired) electrons. The number of aliphatic carboxylic acids is 1. The van der Waals surface area contributed by atoms with Gasteiger partial charge in [0.05, 0.1) is 4.90 Å². The van der Waals surface area contributed by atoms with Crippen LogP contribution in [-0.4, -0.2) is 25.7 Å². The van der Waals surface area contributed by atoms with Crippen molar-refractivity contribution in [2.75, 3.05) is 6.26 Å². The molecule has 0 heterocycles. The summed E-state index contributed by atoms with van der Waals surface area (Å²) in [5.41, 5.74) is 0.119. The highest BCUT2D eigenvalue weighted by Gasteiger charge is 2.24. The molecule has 0 bridgehead atoms. The average molecular weight is 342 g/mol. The predicted molar refractivity (Wildman–Crippen MR) is 76.9 cm³/mol. The Hall–Kier alpha value is -2.48. The highest BCUT2D eigenvalue weighted by Crippen LogP contribution is 2.26. The van der Waals surface area contributed by atoms with Crippen molar-refractivity contribution in [1.29, 1.82) is 0 Å². The number of ether oxygens (including phenoxy) is 1. The van der Waals surface area contributed by atoms with Crippen molar-refractivity contribution >= 4 is 15.8 Å². The van der Waals surface area contributed by atoms with Crippen LogP contribution in [-0.2, 0) is 14.6 Å². The summed E-state index contributed by atoms with van der Waals surface area (Å²) in [6.45, 7) is 0. The summed E-state index contributed by atoms with van der Waals surface area (Å²) in [6, 6.07) is 7.46. The summed E-state index contributed by atoms with van der Waals surface area (Å²) in [4.78, 5) is 11.3. The lowest BCUT2D eigenvalue weighted by Gasteiger charge is -2.16. The fourth-order valence-corrected chi connectivity index (χ4v) is 2.48. The van der Waals surface area contributed by atoms with Crippen LogP contribution in [0.1, 0.15) is 11.7 Å². The number of rotatable bonds is 5. The van der Waals surface area contributed by atoms with E-state index in [9.17, 15) is 27.1 Å². The highest BCUT2D eigenvalue weighted by molar-refractivity contribution is 7.90. The first kappa shape index (κ1) is 16.9. The summed E-state index contributed by atoms with van der Waals surface area (Å²) >= 11 is 0. The monoisotopic (exact) mass is 342 g/mol. The molecule has 1 N–H and O–H groups in total. The molecule has 2 aromatic rings. The fraction of sp³-hybridized carbons (Fsp3) is 0.133. The minimum atomic E-state index is -3.43. The highest BCUT2D eigenvalue weighted by atomic mass is 32.2. The summed E-state index contributed by atoms with van der Waals surface area (Å²) in [7, 11) is -3.43. The van der Waals surface area contributed by atoms with E-state index in [2.05, 4.69) is 0 Å². The normalized spacial score (nSPS) is 12.7. The van der Waals surface area contributed by atoms with Gasteiger partial charge in [0, 0.05) is 17.9 Å². The molecule has 8 heteroatoms. The van der Waals surface area contributed by atoms with Gasteiger partial charge in [-0.1, -0.05) is 12.1 Å². The van der Waals surface area contributed by atoms with Gasteiger partial charge < -0.3 is 9.84 Å². The zero-order valence-electron chi connectivity index (χ0n) is 11.9. The number of benzene rings is 2. The van der Waals surface area contributed by atoms with Gasteiger partial charge in [0.2, 0.25) is 6.10 Å². The van der Waals surface area contributed by atoms with E-state index in [-0.39, 0.29) is 10.5 Å². The van der Waals surface area contributed by atoms with Crippen LogP contribution in [0.5, 0.6) is 5.75 Å². The predicted octanol–water partition coefficient (Wildman–Crippen LogP) is 2.57. The molecule has 122 valence electrons. The van der Waals surface area contributed by atoms with Crippen LogP contribution in [0.15, 0.2) is 47.4 Å². The molecule has 2 rings (SSSR count). The van der Waals surface area contributed by atoms with Crippen molar-refractivity contribution in [2.24, 2.45) is 0 Å². The largest absolute Gasteiger partial charge is 0.478 e. The van der Waals surface area contributed by atoms with E-state index in [0.717, 1.165) is 18.4 Å². The van der Waals surface area contributed by atoms with E-state index < -0.39 is 39.3 Å². The van der Waals surface area contributed by atoms with Gasteiger partial charge >= 0.3 is 5.97 Å². The van der Waals surface area contributed by atoms with E-state index in [1.807, 2.05) is 0 Å². The maximum absolute atomic E-state index is 13.6. The molecule has 0 aliphatic carbocycles. The number of hydrogen-bond donors (Lipinski definition) is 1. The Morgan fingerprint density at radius 3 is 2.22 bits per heavy atom. The van der Waals surface area contributed by atoms with Gasteiger partial charge in [-0.05, 0) is 24.3 Å². The fourth-order valence-electron chi connectivity index (χ4n) is 1.85. The molecule has 5 nitrogen and oxygen atoms in total. The first-order valence-corrected chi connectivity index (χ1v) is 8.22. The number of halogens is 2. The first-order valence-electron chi connectivity index (χ1n) is 6.33. The molecular formula is C15H12F2O5S. The minimum absolute atomic E-state index is 0.0124. The van der Waals surface area contributed by atoms with E-state index in [1.165, 1.54) is 24.3 Å². The van der Waals surface area contributed by atoms with Gasteiger partial charge in [-0.25, -0.2) is 22.0 Å². The van der Waals surface area contributed by atoms with Crippen molar-refractivity contribution in [2.45, 2.75) is 11.0 Å². The van der Waals surface area contributed by atoms with Crippen LogP contribution >= 0.6 is 0 Å². The second-order valence-electron chi connectivity index (χ2n) is 4.75. The Balaban J connectivity index is 2.33. The number of hydrogen-bond acceptors (Lipinski definition) is 4. The van der Waals surface area contributed by atoms with Crippen LogP contribution in [0.3, 0.4) is 0 Å². The van der Waals surface area contributed by atoms with E-state index in [0.29, 0.717) is 6.07 Å². The van der Waals surface area contributed by atoms with Gasteiger partial charge in [0.25, 0.3) is 0 Å². The molecule has 0 aliphatic rings. The van der Waals surface area contributed by atoms with Crippen LogP contribution in [0.2, 0.25) is 0 Å². The Bertz CT molecular complexity index is 831. The SMILES string of the molecule is CS(=O)(=O)c1ccc(C(Oc2ccc(F)cc2F)C(=O)O)cc1. The summed E-state index contributed by atoms with van der Waals surface area (Å²) < 4.78 is 54.3. The van der Waals surface area contributed by atoms with E-state index in [4.69, 9.17) is 4.74 Å². The third kappa shape index (κ3) is 4.04. The number of carbonyl (C=O) groups is 1. The second-order valence-corrected chi connectivity index (χ2v) is 6.77. The molecular weight excluding hydrogens is 330 g/mol. The molecule has 1 unspecified atom stereocenters. The maximum atomic E-state index is 13.6. The lowest BCUT2D eigenvalue weighted by molar-refractivity contribution is -0.145. The molecule has 0 fully saturated rings. The quantitative estimate of drug-likeness (QED) is 0.903. The second kappa shape index (κ2) is 6.33. The lowest BCUT2D eigenvalue weighted by Crippen LogP contribution is -2.18. The molecule has 0 spiro atoms. The molecule has 0 aromatic heterocycles. The van der Waals surface area contributed by atoms with E-state index in [1.54, 1.807) is 0 Å². The summed E-state index contributed by atoms with van der Waals surface area (Å²) in [6.07, 6.45) is -0.551. The van der Waals surface area contributed by atoms with Crippen molar-refractivity contribution in [3.05, 3.63) is 59.7 Å². The van der Waals surface area contributed by atoms with Crippen LogP contribution in [0.4, 0.5) is 8.78 Å². The van der Waals surface area contributed by atoms with E-state index >= 15 is 0 Å². The maximum Gasteiger partial charge on any atom is 0.349 e. The van der Waals surface area contributed by atoms with Crippen LogP contribution in [0.25, 0.3) is 0 Å². The van der Waals surface area contributed by atoms with Gasteiger partial charge in [-0.3, -0.25) is 0 Å². The van der Waals surface area contributed by atoms with Crippen LogP contribution < -0.4 is 4.74 Å². The summed E-state index contributed by atoms with van der Waals surface area (Å²) in [5.74, 6) is -3.69. The van der Waals surface area contributed by atoms with Gasteiger partial charge in [0.15, 0.2) is 21.4 Å². The van der Waals surface area contributed by atoms with Gasteiger partial charge in [0.1, 0.15) is 5.82 Å². The molecule has 0 saturated heterocycles. The zero-order valence-corrected chi connectivity index (χ0v) is 12.7. The molecule has 0 amide bonds. The smallest absolute Gasteiger partial charge is 0.349 e. The van der Waals surface area contributed by atoms with Gasteiger partial charge in [-0.2, -0.15) is 0 Å².